The second-order valence-electron chi connectivity index (χ2n) is 4.68. The Morgan fingerprint density at radius 3 is 2.53 bits per heavy atom. The van der Waals surface area contributed by atoms with Crippen molar-refractivity contribution in [3.8, 4) is 5.75 Å². The molecule has 1 aromatic carbocycles. The summed E-state index contributed by atoms with van der Waals surface area (Å²) in [6.45, 7) is 6.80. The van der Waals surface area contributed by atoms with Crippen LogP contribution < -0.4 is 4.74 Å². The van der Waals surface area contributed by atoms with Gasteiger partial charge in [-0.15, -0.1) is 0 Å². The van der Waals surface area contributed by atoms with Crippen molar-refractivity contribution in [3.05, 3.63) is 29.8 Å². The highest BCUT2D eigenvalue weighted by atomic mass is 16.5. The first kappa shape index (κ1) is 15.5. The van der Waals surface area contributed by atoms with Gasteiger partial charge in [0, 0.05) is 12.7 Å². The van der Waals surface area contributed by atoms with Gasteiger partial charge in [0.2, 0.25) is 0 Å². The van der Waals surface area contributed by atoms with Crippen LogP contribution >= 0.6 is 0 Å². The molecule has 4 heteroatoms. The minimum absolute atomic E-state index is 0.252. The fourth-order valence-electron chi connectivity index (χ4n) is 1.77. The average molecular weight is 266 g/mol. The van der Waals surface area contributed by atoms with Crippen LogP contribution in [0.4, 0.5) is 0 Å². The van der Waals surface area contributed by atoms with Crippen molar-refractivity contribution in [2.45, 2.75) is 26.2 Å². The molecule has 4 nitrogen and oxygen atoms in total. The molecule has 0 heterocycles. The van der Waals surface area contributed by atoms with Gasteiger partial charge in [-0.05, 0) is 26.8 Å². The Hall–Kier alpha value is -1.55. The summed E-state index contributed by atoms with van der Waals surface area (Å²) in [5, 5.41) is 0. The summed E-state index contributed by atoms with van der Waals surface area (Å²) in [7, 11) is 1.62. The van der Waals surface area contributed by atoms with Gasteiger partial charge in [-0.2, -0.15) is 0 Å². The fraction of sp³-hybridized carbons (Fsp3) is 0.533. The highest BCUT2D eigenvalue weighted by Gasteiger charge is 2.33. The van der Waals surface area contributed by atoms with E-state index in [1.165, 1.54) is 0 Å². The zero-order valence-electron chi connectivity index (χ0n) is 12.1. The third-order valence-corrected chi connectivity index (χ3v) is 2.89. The van der Waals surface area contributed by atoms with Crippen molar-refractivity contribution in [1.29, 1.82) is 0 Å². The van der Waals surface area contributed by atoms with E-state index in [9.17, 15) is 4.79 Å². The van der Waals surface area contributed by atoms with Crippen LogP contribution in [0.25, 0.3) is 0 Å². The van der Waals surface area contributed by atoms with Crippen molar-refractivity contribution in [3.63, 3.8) is 0 Å². The Morgan fingerprint density at radius 1 is 1.21 bits per heavy atom. The molecule has 0 unspecified atom stereocenters. The Bertz CT molecular complexity index is 412. The molecule has 19 heavy (non-hydrogen) atoms. The van der Waals surface area contributed by atoms with E-state index in [1.54, 1.807) is 14.0 Å². The maximum absolute atomic E-state index is 12.0. The summed E-state index contributed by atoms with van der Waals surface area (Å²) in [5.41, 5.74) is 0.0872. The molecule has 0 bridgehead atoms. The number of carbonyl (C=O) groups is 1. The van der Waals surface area contributed by atoms with Crippen molar-refractivity contribution < 1.29 is 19.0 Å². The lowest BCUT2D eigenvalue weighted by molar-refractivity contribution is -0.148. The van der Waals surface area contributed by atoms with Gasteiger partial charge in [0.1, 0.15) is 12.4 Å². The predicted molar refractivity (Wildman–Crippen MR) is 73.5 cm³/mol. The molecule has 106 valence electrons. The molecule has 1 rings (SSSR count). The van der Waals surface area contributed by atoms with E-state index in [0.717, 1.165) is 5.56 Å². The zero-order valence-corrected chi connectivity index (χ0v) is 12.1. The maximum atomic E-state index is 12.0. The summed E-state index contributed by atoms with van der Waals surface area (Å²) >= 11 is 0. The number of hydrogen-bond acceptors (Lipinski definition) is 4. The third-order valence-electron chi connectivity index (χ3n) is 2.89. The van der Waals surface area contributed by atoms with Gasteiger partial charge in [-0.25, -0.2) is 0 Å². The lowest BCUT2D eigenvalue weighted by Crippen LogP contribution is -2.31. The van der Waals surface area contributed by atoms with Gasteiger partial charge >= 0.3 is 5.97 Å². The Labute approximate surface area is 114 Å². The summed E-state index contributed by atoms with van der Waals surface area (Å²) in [5.74, 6) is 0.440. The summed E-state index contributed by atoms with van der Waals surface area (Å²) in [6.07, 6.45) is 0. The van der Waals surface area contributed by atoms with Crippen molar-refractivity contribution >= 4 is 5.97 Å². The van der Waals surface area contributed by atoms with E-state index in [-0.39, 0.29) is 5.97 Å². The van der Waals surface area contributed by atoms with Crippen LogP contribution in [0, 0.1) is 0 Å². The highest BCUT2D eigenvalue weighted by molar-refractivity contribution is 5.83. The molecule has 0 amide bonds. The van der Waals surface area contributed by atoms with Gasteiger partial charge < -0.3 is 14.2 Å². The number of methoxy groups -OCH3 is 1. The lowest BCUT2D eigenvalue weighted by Gasteiger charge is -2.25. The van der Waals surface area contributed by atoms with Crippen LogP contribution in [0.3, 0.4) is 0 Å². The average Bonchev–Trinajstić information content (AvgIpc) is 2.40. The SMILES string of the molecule is CCOC(=O)C(C)(C)c1ccccc1OCCOC. The Kier molecular flexibility index (Phi) is 5.83. The minimum atomic E-state index is -0.736. The van der Waals surface area contributed by atoms with Crippen LogP contribution in [0.15, 0.2) is 24.3 Å². The van der Waals surface area contributed by atoms with Gasteiger partial charge in [-0.3, -0.25) is 4.79 Å². The molecule has 0 aromatic heterocycles. The smallest absolute Gasteiger partial charge is 0.316 e. The van der Waals surface area contributed by atoms with Crippen LogP contribution in [-0.2, 0) is 19.7 Å². The quantitative estimate of drug-likeness (QED) is 0.562. The first-order chi connectivity index (χ1) is 9.04. The lowest BCUT2D eigenvalue weighted by atomic mass is 9.84. The number of ether oxygens (including phenoxy) is 3. The highest BCUT2D eigenvalue weighted by Crippen LogP contribution is 2.32. The molecule has 0 fully saturated rings. The number of rotatable bonds is 7. The summed E-state index contributed by atoms with van der Waals surface area (Å²) in [6, 6.07) is 7.51. The molecule has 0 atom stereocenters. The normalized spacial score (nSPS) is 11.2. The van der Waals surface area contributed by atoms with Crippen LogP contribution in [0.1, 0.15) is 26.3 Å². The number of benzene rings is 1. The molecule has 0 aliphatic heterocycles. The molecule has 0 saturated heterocycles. The third kappa shape index (κ3) is 3.96. The molecular formula is C15H22O4. The molecule has 0 aliphatic rings. The Morgan fingerprint density at radius 2 is 1.89 bits per heavy atom. The Balaban J connectivity index is 2.94. The van der Waals surface area contributed by atoms with Crippen molar-refractivity contribution in [1.82, 2.24) is 0 Å². The largest absolute Gasteiger partial charge is 0.491 e. The maximum Gasteiger partial charge on any atom is 0.316 e. The molecule has 1 aromatic rings. The first-order valence-electron chi connectivity index (χ1n) is 6.42. The van der Waals surface area contributed by atoms with E-state index < -0.39 is 5.41 Å². The minimum Gasteiger partial charge on any atom is -0.491 e. The molecule has 0 aliphatic carbocycles. The number of carbonyl (C=O) groups excluding carboxylic acids is 1. The van der Waals surface area contributed by atoms with Gasteiger partial charge in [-0.1, -0.05) is 18.2 Å². The first-order valence-corrected chi connectivity index (χ1v) is 6.42. The van der Waals surface area contributed by atoms with Crippen LogP contribution in [-0.4, -0.2) is 32.9 Å². The van der Waals surface area contributed by atoms with Gasteiger partial charge in [0.15, 0.2) is 0 Å². The van der Waals surface area contributed by atoms with Crippen molar-refractivity contribution in [2.75, 3.05) is 26.9 Å². The number of esters is 1. The molecule has 0 saturated carbocycles. The summed E-state index contributed by atoms with van der Waals surface area (Å²) < 4.78 is 15.7. The van der Waals surface area contributed by atoms with E-state index in [4.69, 9.17) is 14.2 Å². The van der Waals surface area contributed by atoms with E-state index >= 15 is 0 Å². The topological polar surface area (TPSA) is 44.8 Å². The number of hydrogen-bond donors (Lipinski definition) is 0. The standard InChI is InChI=1S/C15H22O4/c1-5-18-14(16)15(2,3)12-8-6-7-9-13(12)19-11-10-17-4/h6-9H,5,10-11H2,1-4H3. The molecule has 0 N–H and O–H groups in total. The van der Waals surface area contributed by atoms with Crippen LogP contribution in [0.5, 0.6) is 5.75 Å². The molecule has 0 radical (unpaired) electrons. The second kappa shape index (κ2) is 7.14. The van der Waals surface area contributed by atoms with E-state index in [2.05, 4.69) is 0 Å². The molecular weight excluding hydrogens is 244 g/mol. The number of para-hydroxylation sites is 1. The monoisotopic (exact) mass is 266 g/mol. The second-order valence-corrected chi connectivity index (χ2v) is 4.68. The van der Waals surface area contributed by atoms with Gasteiger partial charge in [0.05, 0.1) is 18.6 Å². The van der Waals surface area contributed by atoms with Crippen LogP contribution in [0.2, 0.25) is 0 Å². The van der Waals surface area contributed by atoms with Gasteiger partial charge in [0.25, 0.3) is 0 Å². The molecule has 0 spiro atoms. The fourth-order valence-corrected chi connectivity index (χ4v) is 1.77. The predicted octanol–water partition coefficient (Wildman–Crippen LogP) is 2.55. The summed E-state index contributed by atoms with van der Waals surface area (Å²) in [4.78, 5) is 12.0. The van der Waals surface area contributed by atoms with Crippen molar-refractivity contribution in [2.24, 2.45) is 0 Å². The zero-order chi connectivity index (χ0) is 14.3. The van der Waals surface area contributed by atoms with E-state index in [1.807, 2.05) is 38.1 Å². The van der Waals surface area contributed by atoms with E-state index in [0.29, 0.717) is 25.6 Å².